The Morgan fingerprint density at radius 3 is 2.67 bits per heavy atom. The van der Waals surface area contributed by atoms with E-state index >= 15 is 0 Å². The van der Waals surface area contributed by atoms with Crippen molar-refractivity contribution in [3.05, 3.63) is 24.2 Å². The van der Waals surface area contributed by atoms with E-state index in [9.17, 15) is 0 Å². The third kappa shape index (κ3) is 4.16. The van der Waals surface area contributed by atoms with E-state index in [1.807, 2.05) is 6.26 Å². The lowest BCUT2D eigenvalue weighted by atomic mass is 9.88. The summed E-state index contributed by atoms with van der Waals surface area (Å²) in [6.07, 6.45) is 14.5. The molecule has 1 fully saturated rings. The molecule has 1 aliphatic carbocycles. The van der Waals surface area contributed by atoms with E-state index in [1.165, 1.54) is 50.5 Å². The Balaban J connectivity index is 1.93. The minimum Gasteiger partial charge on any atom is -0.472 e. The van der Waals surface area contributed by atoms with Crippen molar-refractivity contribution < 1.29 is 4.42 Å². The van der Waals surface area contributed by atoms with Crippen LogP contribution >= 0.6 is 0 Å². The van der Waals surface area contributed by atoms with Crippen molar-refractivity contribution in [3.8, 4) is 0 Å². The van der Waals surface area contributed by atoms with Gasteiger partial charge in [0.25, 0.3) is 0 Å². The van der Waals surface area contributed by atoms with Gasteiger partial charge in [-0.25, -0.2) is 0 Å². The molecular formula is C16H27NO. The number of hydrogen-bond donors (Lipinski definition) is 1. The van der Waals surface area contributed by atoms with Gasteiger partial charge in [0.15, 0.2) is 0 Å². The van der Waals surface area contributed by atoms with Crippen molar-refractivity contribution in [2.24, 2.45) is 5.92 Å². The Labute approximate surface area is 111 Å². The van der Waals surface area contributed by atoms with Gasteiger partial charge < -0.3 is 9.73 Å². The second kappa shape index (κ2) is 7.63. The summed E-state index contributed by atoms with van der Waals surface area (Å²) in [7, 11) is 0. The zero-order valence-electron chi connectivity index (χ0n) is 11.7. The molecule has 0 amide bonds. The average Bonchev–Trinajstić information content (AvgIpc) is 2.74. The van der Waals surface area contributed by atoms with Crippen molar-refractivity contribution in [1.82, 2.24) is 5.32 Å². The van der Waals surface area contributed by atoms with Crippen LogP contribution in [0.3, 0.4) is 0 Å². The predicted octanol–water partition coefficient (Wildman–Crippen LogP) is 4.16. The fourth-order valence-electron chi connectivity index (χ4n) is 3.11. The quantitative estimate of drug-likeness (QED) is 0.766. The minimum atomic E-state index is 0.639. The molecule has 0 aliphatic heterocycles. The van der Waals surface area contributed by atoms with Crippen LogP contribution in [0.5, 0.6) is 0 Å². The summed E-state index contributed by atoms with van der Waals surface area (Å²) in [6.45, 7) is 3.38. The second-order valence-electron chi connectivity index (χ2n) is 5.65. The molecule has 1 heterocycles. The predicted molar refractivity (Wildman–Crippen MR) is 75.7 cm³/mol. The molecule has 0 aromatic carbocycles. The van der Waals surface area contributed by atoms with Gasteiger partial charge in [0.1, 0.15) is 0 Å². The van der Waals surface area contributed by atoms with Crippen LogP contribution in [0, 0.1) is 5.92 Å². The van der Waals surface area contributed by atoms with Gasteiger partial charge in [0.05, 0.1) is 12.5 Å². The fourth-order valence-corrected chi connectivity index (χ4v) is 3.11. The van der Waals surface area contributed by atoms with Crippen molar-refractivity contribution in [3.63, 3.8) is 0 Å². The third-order valence-corrected chi connectivity index (χ3v) is 4.16. The number of furan rings is 1. The normalized spacial score (nSPS) is 19.6. The first-order chi connectivity index (χ1) is 8.90. The van der Waals surface area contributed by atoms with Gasteiger partial charge in [-0.2, -0.15) is 0 Å². The van der Waals surface area contributed by atoms with Gasteiger partial charge in [0.2, 0.25) is 0 Å². The van der Waals surface area contributed by atoms with E-state index in [2.05, 4.69) is 18.3 Å². The molecule has 0 radical (unpaired) electrons. The van der Waals surface area contributed by atoms with E-state index in [0.29, 0.717) is 6.04 Å². The van der Waals surface area contributed by atoms with E-state index in [-0.39, 0.29) is 0 Å². The molecule has 1 saturated carbocycles. The van der Waals surface area contributed by atoms with E-state index in [1.54, 1.807) is 6.26 Å². The highest BCUT2D eigenvalue weighted by atomic mass is 16.3. The highest BCUT2D eigenvalue weighted by molar-refractivity contribution is 5.08. The van der Waals surface area contributed by atoms with Crippen molar-refractivity contribution in [1.29, 1.82) is 0 Å². The van der Waals surface area contributed by atoms with Crippen LogP contribution in [0.1, 0.15) is 57.4 Å². The molecule has 0 spiro atoms. The summed E-state index contributed by atoms with van der Waals surface area (Å²) in [5, 5.41) is 3.76. The van der Waals surface area contributed by atoms with Crippen LogP contribution < -0.4 is 5.32 Å². The van der Waals surface area contributed by atoms with Crippen LogP contribution in [0.2, 0.25) is 0 Å². The SMILES string of the molecule is CCCNC(Cc1ccoc1)C1CCCCCC1. The lowest BCUT2D eigenvalue weighted by Gasteiger charge is -2.27. The summed E-state index contributed by atoms with van der Waals surface area (Å²) in [5.41, 5.74) is 1.34. The molecule has 1 aromatic rings. The topological polar surface area (TPSA) is 25.2 Å². The maximum atomic E-state index is 5.20. The largest absolute Gasteiger partial charge is 0.472 e. The van der Waals surface area contributed by atoms with Crippen LogP contribution in [0.25, 0.3) is 0 Å². The number of hydrogen-bond acceptors (Lipinski definition) is 2. The lowest BCUT2D eigenvalue weighted by molar-refractivity contribution is 0.317. The van der Waals surface area contributed by atoms with Crippen LogP contribution in [0.4, 0.5) is 0 Å². The molecule has 1 N–H and O–H groups in total. The monoisotopic (exact) mass is 249 g/mol. The lowest BCUT2D eigenvalue weighted by Crippen LogP contribution is -2.38. The Morgan fingerprint density at radius 2 is 2.06 bits per heavy atom. The first kappa shape index (κ1) is 13.7. The van der Waals surface area contributed by atoms with E-state index in [0.717, 1.165) is 18.9 Å². The minimum absolute atomic E-state index is 0.639. The molecule has 2 nitrogen and oxygen atoms in total. The molecule has 2 rings (SSSR count). The maximum absolute atomic E-state index is 5.20. The molecular weight excluding hydrogens is 222 g/mol. The second-order valence-corrected chi connectivity index (χ2v) is 5.65. The maximum Gasteiger partial charge on any atom is 0.0935 e. The van der Waals surface area contributed by atoms with E-state index in [4.69, 9.17) is 4.42 Å². The zero-order valence-corrected chi connectivity index (χ0v) is 11.7. The molecule has 2 heteroatoms. The van der Waals surface area contributed by atoms with Gasteiger partial charge in [-0.3, -0.25) is 0 Å². The molecule has 0 saturated heterocycles. The summed E-state index contributed by atoms with van der Waals surface area (Å²) < 4.78 is 5.20. The summed E-state index contributed by atoms with van der Waals surface area (Å²) in [5.74, 6) is 0.856. The number of rotatable bonds is 6. The summed E-state index contributed by atoms with van der Waals surface area (Å²) in [4.78, 5) is 0. The number of nitrogens with one attached hydrogen (secondary N) is 1. The molecule has 102 valence electrons. The Hall–Kier alpha value is -0.760. The van der Waals surface area contributed by atoms with Gasteiger partial charge in [-0.15, -0.1) is 0 Å². The molecule has 1 unspecified atom stereocenters. The van der Waals surface area contributed by atoms with Crippen LogP contribution in [-0.2, 0) is 6.42 Å². The van der Waals surface area contributed by atoms with Crippen LogP contribution in [-0.4, -0.2) is 12.6 Å². The molecule has 1 atom stereocenters. The molecule has 0 bridgehead atoms. The third-order valence-electron chi connectivity index (χ3n) is 4.16. The highest BCUT2D eigenvalue weighted by Gasteiger charge is 2.22. The summed E-state index contributed by atoms with van der Waals surface area (Å²) >= 11 is 0. The van der Waals surface area contributed by atoms with Gasteiger partial charge in [-0.05, 0) is 49.8 Å². The van der Waals surface area contributed by atoms with Gasteiger partial charge in [0, 0.05) is 6.04 Å². The molecule has 1 aliphatic rings. The van der Waals surface area contributed by atoms with E-state index < -0.39 is 0 Å². The van der Waals surface area contributed by atoms with Gasteiger partial charge in [-0.1, -0.05) is 32.6 Å². The van der Waals surface area contributed by atoms with Gasteiger partial charge >= 0.3 is 0 Å². The first-order valence-electron chi connectivity index (χ1n) is 7.64. The Bertz CT molecular complexity index is 299. The highest BCUT2D eigenvalue weighted by Crippen LogP contribution is 2.27. The smallest absolute Gasteiger partial charge is 0.0935 e. The van der Waals surface area contributed by atoms with Crippen LogP contribution in [0.15, 0.2) is 23.0 Å². The molecule has 1 aromatic heterocycles. The molecule has 18 heavy (non-hydrogen) atoms. The first-order valence-corrected chi connectivity index (χ1v) is 7.64. The fraction of sp³-hybridized carbons (Fsp3) is 0.750. The van der Waals surface area contributed by atoms with Crippen molar-refractivity contribution in [2.75, 3.05) is 6.54 Å². The standard InChI is InChI=1S/C16H27NO/c1-2-10-17-16(12-14-9-11-18-13-14)15-7-5-3-4-6-8-15/h9,11,13,15-17H,2-8,10,12H2,1H3. The Kier molecular flexibility index (Phi) is 5.79. The Morgan fingerprint density at radius 1 is 1.28 bits per heavy atom. The average molecular weight is 249 g/mol. The van der Waals surface area contributed by atoms with Crippen molar-refractivity contribution in [2.45, 2.75) is 64.3 Å². The summed E-state index contributed by atoms with van der Waals surface area (Å²) in [6, 6.07) is 2.75. The van der Waals surface area contributed by atoms with Crippen molar-refractivity contribution >= 4 is 0 Å². The zero-order chi connectivity index (χ0) is 12.6.